The molecule has 4 nitrogen and oxygen atoms in total. The summed E-state index contributed by atoms with van der Waals surface area (Å²) >= 11 is 1.85. The van der Waals surface area contributed by atoms with Crippen molar-refractivity contribution >= 4 is 29.7 Å². The Morgan fingerprint density at radius 2 is 2.00 bits per heavy atom. The summed E-state index contributed by atoms with van der Waals surface area (Å²) in [4.78, 5) is 18.3. The number of carbonyl (C=O) groups is 1. The fourth-order valence-electron chi connectivity index (χ4n) is 3.06. The SMILES string of the molecule is Cl.N[C@@H](Cc1ccccc1)C(=O)NCCCc1nc2c(s1)CCCC2. The molecule has 0 fully saturated rings. The second-order valence-electron chi connectivity index (χ2n) is 6.38. The summed E-state index contributed by atoms with van der Waals surface area (Å²) in [6, 6.07) is 9.40. The first-order valence-corrected chi connectivity index (χ1v) is 9.58. The van der Waals surface area contributed by atoms with E-state index in [4.69, 9.17) is 10.7 Å². The highest BCUT2D eigenvalue weighted by molar-refractivity contribution is 7.11. The van der Waals surface area contributed by atoms with Crippen LogP contribution in [0.1, 0.15) is 40.4 Å². The molecule has 3 N–H and O–H groups in total. The average molecular weight is 380 g/mol. The number of amides is 1. The maximum absolute atomic E-state index is 12.1. The van der Waals surface area contributed by atoms with Crippen molar-refractivity contribution in [2.24, 2.45) is 5.73 Å². The molecule has 1 aromatic carbocycles. The van der Waals surface area contributed by atoms with Gasteiger partial charge >= 0.3 is 0 Å². The molecule has 1 heterocycles. The third kappa shape index (κ3) is 5.80. The summed E-state index contributed by atoms with van der Waals surface area (Å²) in [7, 11) is 0. The molecular formula is C19H26ClN3OS. The van der Waals surface area contributed by atoms with Gasteiger partial charge in [-0.15, -0.1) is 23.7 Å². The summed E-state index contributed by atoms with van der Waals surface area (Å²) in [5, 5.41) is 4.16. The van der Waals surface area contributed by atoms with Crippen molar-refractivity contribution in [1.82, 2.24) is 10.3 Å². The van der Waals surface area contributed by atoms with E-state index in [-0.39, 0.29) is 18.3 Å². The van der Waals surface area contributed by atoms with Crippen LogP contribution in [0.4, 0.5) is 0 Å². The van der Waals surface area contributed by atoms with E-state index in [1.807, 2.05) is 41.7 Å². The molecule has 0 saturated heterocycles. The summed E-state index contributed by atoms with van der Waals surface area (Å²) in [5.41, 5.74) is 8.39. The van der Waals surface area contributed by atoms with Crippen LogP contribution in [0.2, 0.25) is 0 Å². The summed E-state index contributed by atoms with van der Waals surface area (Å²) in [6.07, 6.45) is 7.32. The summed E-state index contributed by atoms with van der Waals surface area (Å²) in [5.74, 6) is -0.0720. The van der Waals surface area contributed by atoms with Crippen molar-refractivity contribution in [3.8, 4) is 0 Å². The second-order valence-corrected chi connectivity index (χ2v) is 7.54. The minimum atomic E-state index is -0.487. The minimum absolute atomic E-state index is 0. The molecule has 0 spiro atoms. The molecule has 0 radical (unpaired) electrons. The Morgan fingerprint density at radius 1 is 1.24 bits per heavy atom. The topological polar surface area (TPSA) is 68.0 Å². The van der Waals surface area contributed by atoms with E-state index < -0.39 is 6.04 Å². The van der Waals surface area contributed by atoms with Crippen LogP contribution in [-0.2, 0) is 30.5 Å². The second kappa shape index (κ2) is 9.90. The van der Waals surface area contributed by atoms with Crippen molar-refractivity contribution in [1.29, 1.82) is 0 Å². The molecule has 0 saturated carbocycles. The predicted octanol–water partition coefficient (Wildman–Crippen LogP) is 3.06. The van der Waals surface area contributed by atoms with Gasteiger partial charge < -0.3 is 11.1 Å². The largest absolute Gasteiger partial charge is 0.355 e. The lowest BCUT2D eigenvalue weighted by molar-refractivity contribution is -0.122. The van der Waals surface area contributed by atoms with E-state index in [0.29, 0.717) is 13.0 Å². The molecule has 1 aliphatic carbocycles. The maximum Gasteiger partial charge on any atom is 0.237 e. The quantitative estimate of drug-likeness (QED) is 0.726. The summed E-state index contributed by atoms with van der Waals surface area (Å²) in [6.45, 7) is 0.658. The van der Waals surface area contributed by atoms with Gasteiger partial charge in [0.1, 0.15) is 0 Å². The van der Waals surface area contributed by atoms with Crippen LogP contribution < -0.4 is 11.1 Å². The molecule has 6 heteroatoms. The molecule has 0 aliphatic heterocycles. The number of halogens is 1. The first kappa shape index (κ1) is 19.9. The van der Waals surface area contributed by atoms with E-state index in [9.17, 15) is 4.79 Å². The molecule has 0 bridgehead atoms. The van der Waals surface area contributed by atoms with Crippen LogP contribution in [0.5, 0.6) is 0 Å². The Balaban J connectivity index is 0.00000225. The zero-order chi connectivity index (χ0) is 16.8. The molecule has 25 heavy (non-hydrogen) atoms. The smallest absolute Gasteiger partial charge is 0.237 e. The molecule has 0 unspecified atom stereocenters. The number of aromatic nitrogens is 1. The van der Waals surface area contributed by atoms with Gasteiger partial charge in [-0.2, -0.15) is 0 Å². The Labute approximate surface area is 159 Å². The Kier molecular flexibility index (Phi) is 7.88. The number of carbonyl (C=O) groups excluding carboxylic acids is 1. The average Bonchev–Trinajstić information content (AvgIpc) is 3.02. The van der Waals surface area contributed by atoms with Crippen LogP contribution >= 0.6 is 23.7 Å². The highest BCUT2D eigenvalue weighted by atomic mass is 35.5. The molecule has 1 amide bonds. The van der Waals surface area contributed by atoms with Crippen molar-refractivity contribution < 1.29 is 4.79 Å². The van der Waals surface area contributed by atoms with Crippen LogP contribution in [0.25, 0.3) is 0 Å². The normalized spacial score (nSPS) is 14.3. The van der Waals surface area contributed by atoms with Crippen LogP contribution in [-0.4, -0.2) is 23.5 Å². The highest BCUT2D eigenvalue weighted by Gasteiger charge is 2.15. The molecule has 1 aliphatic rings. The van der Waals surface area contributed by atoms with Crippen molar-refractivity contribution in [2.75, 3.05) is 6.54 Å². The lowest BCUT2D eigenvalue weighted by Gasteiger charge is -2.12. The zero-order valence-corrected chi connectivity index (χ0v) is 16.0. The molecule has 2 aromatic rings. The highest BCUT2D eigenvalue weighted by Crippen LogP contribution is 2.27. The first-order valence-electron chi connectivity index (χ1n) is 8.77. The van der Waals surface area contributed by atoms with Crippen LogP contribution in [0.15, 0.2) is 30.3 Å². The van der Waals surface area contributed by atoms with E-state index in [1.165, 1.54) is 34.8 Å². The fraction of sp³-hybridized carbons (Fsp3) is 0.474. The zero-order valence-electron chi connectivity index (χ0n) is 14.4. The van der Waals surface area contributed by atoms with Gasteiger partial charge in [-0.3, -0.25) is 4.79 Å². The number of fused-ring (bicyclic) bond motifs is 1. The molecule has 136 valence electrons. The fourth-order valence-corrected chi connectivity index (χ4v) is 4.25. The lowest BCUT2D eigenvalue weighted by Crippen LogP contribution is -2.42. The van der Waals surface area contributed by atoms with Gasteiger partial charge in [-0.1, -0.05) is 30.3 Å². The van der Waals surface area contributed by atoms with E-state index >= 15 is 0 Å². The van der Waals surface area contributed by atoms with Crippen LogP contribution in [0, 0.1) is 0 Å². The maximum atomic E-state index is 12.1. The van der Waals surface area contributed by atoms with Gasteiger partial charge in [0.2, 0.25) is 5.91 Å². The van der Waals surface area contributed by atoms with Crippen molar-refractivity contribution in [3.63, 3.8) is 0 Å². The third-order valence-electron chi connectivity index (χ3n) is 4.39. The van der Waals surface area contributed by atoms with Crippen molar-refractivity contribution in [3.05, 3.63) is 51.5 Å². The van der Waals surface area contributed by atoms with Gasteiger partial charge in [0.05, 0.1) is 16.7 Å². The molecular weight excluding hydrogens is 354 g/mol. The number of nitrogens with one attached hydrogen (secondary N) is 1. The van der Waals surface area contributed by atoms with E-state index in [1.54, 1.807) is 0 Å². The number of hydrogen-bond acceptors (Lipinski definition) is 4. The number of thiazole rings is 1. The van der Waals surface area contributed by atoms with Gasteiger partial charge in [-0.25, -0.2) is 4.98 Å². The molecule has 1 aromatic heterocycles. The van der Waals surface area contributed by atoms with E-state index in [0.717, 1.165) is 24.8 Å². The lowest BCUT2D eigenvalue weighted by atomic mass is 10.0. The van der Waals surface area contributed by atoms with Gasteiger partial charge in [0.15, 0.2) is 0 Å². The first-order chi connectivity index (χ1) is 11.7. The number of rotatable bonds is 7. The Morgan fingerprint density at radius 3 is 2.76 bits per heavy atom. The van der Waals surface area contributed by atoms with E-state index in [2.05, 4.69) is 5.32 Å². The number of hydrogen-bond donors (Lipinski definition) is 2. The number of nitrogens with zero attached hydrogens (tertiary/aromatic N) is 1. The van der Waals surface area contributed by atoms with Crippen LogP contribution in [0.3, 0.4) is 0 Å². The Hall–Kier alpha value is -1.43. The number of nitrogens with two attached hydrogens (primary N) is 1. The number of aryl methyl sites for hydroxylation is 3. The third-order valence-corrected chi connectivity index (χ3v) is 5.61. The van der Waals surface area contributed by atoms with Crippen molar-refractivity contribution in [2.45, 2.75) is 51.0 Å². The predicted molar refractivity (Wildman–Crippen MR) is 105 cm³/mol. The Bertz CT molecular complexity index is 651. The standard InChI is InChI=1S/C19H25N3OS.ClH/c20-15(13-14-7-2-1-3-8-14)19(23)21-12-6-11-18-22-16-9-4-5-10-17(16)24-18;/h1-3,7-8,15H,4-6,9-13,20H2,(H,21,23);1H/t15-;/m0./s1. The molecule has 3 rings (SSSR count). The monoisotopic (exact) mass is 379 g/mol. The van der Waals surface area contributed by atoms with Gasteiger partial charge in [0, 0.05) is 17.8 Å². The summed E-state index contributed by atoms with van der Waals surface area (Å²) < 4.78 is 0. The van der Waals surface area contributed by atoms with Gasteiger partial charge in [0.25, 0.3) is 0 Å². The minimum Gasteiger partial charge on any atom is -0.355 e. The van der Waals surface area contributed by atoms with Gasteiger partial charge in [-0.05, 0) is 44.1 Å². The molecule has 1 atom stereocenters. The number of benzene rings is 1.